The molecule has 152 valence electrons. The van der Waals surface area contributed by atoms with Crippen molar-refractivity contribution in [1.82, 2.24) is 0 Å². The molecular formula is C22H28O6. The molecule has 1 heterocycles. The number of hydrogen-bond acceptors (Lipinski definition) is 6. The van der Waals surface area contributed by atoms with Crippen molar-refractivity contribution in [3.63, 3.8) is 0 Å². The summed E-state index contributed by atoms with van der Waals surface area (Å²) in [7, 11) is 2.97. The Morgan fingerprint density at radius 3 is 2.43 bits per heavy atom. The lowest BCUT2D eigenvalue weighted by Crippen LogP contribution is -2.69. The molecule has 6 heteroatoms. The van der Waals surface area contributed by atoms with E-state index in [-0.39, 0.29) is 47.5 Å². The Morgan fingerprint density at radius 1 is 1.14 bits per heavy atom. The lowest BCUT2D eigenvalue weighted by Gasteiger charge is -2.64. The molecule has 28 heavy (non-hydrogen) atoms. The van der Waals surface area contributed by atoms with Crippen molar-refractivity contribution < 1.29 is 28.6 Å². The summed E-state index contributed by atoms with van der Waals surface area (Å²) in [6.45, 7) is 7.80. The molecule has 4 aliphatic rings. The highest BCUT2D eigenvalue weighted by Crippen LogP contribution is 2.67. The van der Waals surface area contributed by atoms with Gasteiger partial charge in [-0.2, -0.15) is 0 Å². The second-order valence-electron chi connectivity index (χ2n) is 9.16. The lowest BCUT2D eigenvalue weighted by molar-refractivity contribution is -0.217. The van der Waals surface area contributed by atoms with E-state index in [0.29, 0.717) is 12.2 Å². The maximum Gasteiger partial charge on any atom is 0.306 e. The van der Waals surface area contributed by atoms with Crippen molar-refractivity contribution in [3.05, 3.63) is 23.2 Å². The molecule has 0 N–H and O–H groups in total. The number of rotatable bonds is 2. The van der Waals surface area contributed by atoms with Crippen molar-refractivity contribution in [3.8, 4) is 0 Å². The Bertz CT molecular complexity index is 838. The molecular weight excluding hydrogens is 360 g/mol. The Kier molecular flexibility index (Phi) is 4.08. The largest absolute Gasteiger partial charge is 0.493 e. The van der Waals surface area contributed by atoms with Gasteiger partial charge in [0.2, 0.25) is 11.6 Å². The number of ether oxygens (including phenoxy) is 3. The highest BCUT2D eigenvalue weighted by molar-refractivity contribution is 6.07. The fraction of sp³-hybridized carbons (Fsp3) is 0.682. The maximum absolute atomic E-state index is 13.7. The summed E-state index contributed by atoms with van der Waals surface area (Å²) in [5.74, 6) is -0.854. The van der Waals surface area contributed by atoms with Crippen molar-refractivity contribution >= 4 is 17.5 Å². The van der Waals surface area contributed by atoms with Crippen LogP contribution in [0.2, 0.25) is 0 Å². The number of Topliss-reactive ketones (excluding diaryl/α,β-unsaturated/α-hetero) is 2. The van der Waals surface area contributed by atoms with Crippen LogP contribution < -0.4 is 0 Å². The zero-order valence-corrected chi connectivity index (χ0v) is 17.3. The number of fused-ring (bicyclic) bond motifs is 2. The normalized spacial score (nSPS) is 45.0. The number of carbonyl (C=O) groups excluding carboxylic acids is 3. The first-order valence-electron chi connectivity index (χ1n) is 9.91. The molecule has 0 amide bonds. The predicted octanol–water partition coefficient (Wildman–Crippen LogP) is 2.82. The van der Waals surface area contributed by atoms with Crippen LogP contribution in [-0.4, -0.2) is 37.9 Å². The average molecular weight is 388 g/mol. The van der Waals surface area contributed by atoms with E-state index in [9.17, 15) is 14.4 Å². The number of hydrogen-bond donors (Lipinski definition) is 0. The molecule has 2 fully saturated rings. The van der Waals surface area contributed by atoms with E-state index in [0.717, 1.165) is 5.57 Å². The van der Waals surface area contributed by atoms with Crippen LogP contribution >= 0.6 is 0 Å². The zero-order valence-electron chi connectivity index (χ0n) is 17.3. The first kappa shape index (κ1) is 19.2. The number of allylic oxidation sites excluding steroid dienone is 4. The van der Waals surface area contributed by atoms with Gasteiger partial charge in [0.15, 0.2) is 11.5 Å². The summed E-state index contributed by atoms with van der Waals surface area (Å²) in [5, 5.41) is 0. The van der Waals surface area contributed by atoms with Crippen LogP contribution in [0.15, 0.2) is 23.2 Å². The van der Waals surface area contributed by atoms with Crippen LogP contribution in [0.4, 0.5) is 0 Å². The SMILES string of the molecule is COC1=C[C@@H](C)C2CC3OC(=O)CC4C(C)=C(OC)C(=O)C(C2(C)C1=O)C34C. The summed E-state index contributed by atoms with van der Waals surface area (Å²) in [5.41, 5.74) is -0.795. The van der Waals surface area contributed by atoms with Gasteiger partial charge in [0.05, 0.1) is 20.6 Å². The van der Waals surface area contributed by atoms with E-state index in [4.69, 9.17) is 14.2 Å². The van der Waals surface area contributed by atoms with Crippen LogP contribution in [0.5, 0.6) is 0 Å². The molecule has 7 atom stereocenters. The molecule has 0 spiro atoms. The predicted molar refractivity (Wildman–Crippen MR) is 99.8 cm³/mol. The van der Waals surface area contributed by atoms with Gasteiger partial charge < -0.3 is 14.2 Å². The minimum absolute atomic E-state index is 0.0204. The highest BCUT2D eigenvalue weighted by atomic mass is 16.5. The highest BCUT2D eigenvalue weighted by Gasteiger charge is 2.72. The Labute approximate surface area is 165 Å². The second kappa shape index (κ2) is 5.94. The van der Waals surface area contributed by atoms with Gasteiger partial charge in [-0.15, -0.1) is 0 Å². The van der Waals surface area contributed by atoms with E-state index in [2.05, 4.69) is 0 Å². The van der Waals surface area contributed by atoms with Crippen LogP contribution in [0.3, 0.4) is 0 Å². The molecule has 1 saturated heterocycles. The van der Waals surface area contributed by atoms with Crippen LogP contribution in [0.25, 0.3) is 0 Å². The molecule has 0 aromatic carbocycles. The van der Waals surface area contributed by atoms with Crippen molar-refractivity contribution in [2.45, 2.75) is 46.6 Å². The summed E-state index contributed by atoms with van der Waals surface area (Å²) >= 11 is 0. The minimum Gasteiger partial charge on any atom is -0.493 e. The Balaban J connectivity index is 1.99. The third-order valence-corrected chi connectivity index (χ3v) is 8.10. The standard InChI is InChI=1S/C22H28O6/c1-10-7-14(26-5)20(25)22(4)12(10)8-15-21(3)13(9-16(23)28-15)11(2)18(27-6)17(24)19(21)22/h7,10,12-13,15,19H,8-9H2,1-6H3/t10-,12?,13?,15?,19?,21?,22?/m1/s1. The third-order valence-electron chi connectivity index (χ3n) is 8.10. The van der Waals surface area contributed by atoms with Crippen LogP contribution in [0.1, 0.15) is 40.5 Å². The molecule has 4 rings (SSSR count). The molecule has 0 bridgehead atoms. The second-order valence-corrected chi connectivity index (χ2v) is 9.16. The van der Waals surface area contributed by atoms with E-state index in [1.807, 2.05) is 33.8 Å². The van der Waals surface area contributed by atoms with Gasteiger partial charge in [0.25, 0.3) is 0 Å². The van der Waals surface area contributed by atoms with Gasteiger partial charge in [0, 0.05) is 22.7 Å². The van der Waals surface area contributed by atoms with Gasteiger partial charge in [-0.1, -0.05) is 20.8 Å². The molecule has 1 aliphatic heterocycles. The van der Waals surface area contributed by atoms with Gasteiger partial charge in [-0.3, -0.25) is 14.4 Å². The number of methoxy groups -OCH3 is 2. The first-order valence-corrected chi connectivity index (χ1v) is 9.91. The molecule has 6 unspecified atom stereocenters. The monoisotopic (exact) mass is 388 g/mol. The fourth-order valence-electron chi connectivity index (χ4n) is 6.81. The van der Waals surface area contributed by atoms with Crippen LogP contribution in [-0.2, 0) is 28.6 Å². The first-order chi connectivity index (χ1) is 13.1. The van der Waals surface area contributed by atoms with E-state index < -0.39 is 22.9 Å². The molecule has 0 aromatic heterocycles. The summed E-state index contributed by atoms with van der Waals surface area (Å²) in [6.07, 6.45) is 2.21. The van der Waals surface area contributed by atoms with Gasteiger partial charge in [-0.25, -0.2) is 0 Å². The third kappa shape index (κ3) is 2.06. The van der Waals surface area contributed by atoms with E-state index >= 15 is 0 Å². The summed E-state index contributed by atoms with van der Waals surface area (Å²) in [4.78, 5) is 39.6. The van der Waals surface area contributed by atoms with Gasteiger partial charge in [0.1, 0.15) is 6.10 Å². The maximum atomic E-state index is 13.7. The summed E-state index contributed by atoms with van der Waals surface area (Å²) < 4.78 is 16.7. The van der Waals surface area contributed by atoms with E-state index in [1.165, 1.54) is 14.2 Å². The van der Waals surface area contributed by atoms with Crippen molar-refractivity contribution in [2.75, 3.05) is 14.2 Å². The van der Waals surface area contributed by atoms with Crippen molar-refractivity contribution in [1.29, 1.82) is 0 Å². The van der Waals surface area contributed by atoms with Gasteiger partial charge in [-0.05, 0) is 36.8 Å². The fourth-order valence-corrected chi connectivity index (χ4v) is 6.81. The molecule has 6 nitrogen and oxygen atoms in total. The molecule has 1 saturated carbocycles. The van der Waals surface area contributed by atoms with E-state index in [1.54, 1.807) is 0 Å². The topological polar surface area (TPSA) is 78.9 Å². The smallest absolute Gasteiger partial charge is 0.306 e. The molecule has 0 radical (unpaired) electrons. The zero-order chi connectivity index (χ0) is 20.6. The quantitative estimate of drug-likeness (QED) is 0.677. The lowest BCUT2D eigenvalue weighted by atomic mass is 9.40. The van der Waals surface area contributed by atoms with Gasteiger partial charge >= 0.3 is 5.97 Å². The minimum atomic E-state index is -0.936. The Hall–Kier alpha value is -2.11. The summed E-state index contributed by atoms with van der Waals surface area (Å²) in [6, 6.07) is 0. The molecule has 3 aliphatic carbocycles. The number of ketones is 2. The van der Waals surface area contributed by atoms with Crippen LogP contribution in [0, 0.1) is 34.5 Å². The average Bonchev–Trinajstić information content (AvgIpc) is 2.63. The number of esters is 1. The number of carbonyl (C=O) groups is 3. The Morgan fingerprint density at radius 2 is 1.82 bits per heavy atom. The molecule has 0 aromatic rings. The van der Waals surface area contributed by atoms with Crippen molar-refractivity contribution in [2.24, 2.45) is 34.5 Å².